The van der Waals surface area contributed by atoms with Gasteiger partial charge in [0.1, 0.15) is 0 Å². The molecule has 0 fully saturated rings. The lowest BCUT2D eigenvalue weighted by Gasteiger charge is -2.07. The average molecular weight is 267 g/mol. The first kappa shape index (κ1) is 14.2. The molecule has 0 unspecified atom stereocenters. The third-order valence-corrected chi connectivity index (χ3v) is 3.33. The van der Waals surface area contributed by atoms with E-state index in [1.54, 1.807) is 12.1 Å². The van der Waals surface area contributed by atoms with E-state index in [1.165, 1.54) is 12.1 Å². The fraction of sp³-hybridized carbons (Fsp3) is 0.333. The summed E-state index contributed by atoms with van der Waals surface area (Å²) in [4.78, 5) is 11.7. The number of hydrogen-bond donors (Lipinski definition) is 0. The first-order valence-corrected chi connectivity index (χ1v) is 7.19. The van der Waals surface area contributed by atoms with Gasteiger partial charge < -0.3 is 4.74 Å². The zero-order chi connectivity index (χ0) is 13.6. The predicted molar refractivity (Wildman–Crippen MR) is 64.7 cm³/mol. The maximum Gasteiger partial charge on any atom is 0.339 e. The average Bonchev–Trinajstić information content (AvgIpc) is 2.33. The van der Waals surface area contributed by atoms with E-state index in [2.05, 4.69) is 0 Å². The van der Waals surface area contributed by atoms with Crippen LogP contribution in [0.15, 0.2) is 29.2 Å². The van der Waals surface area contributed by atoms with Crippen LogP contribution in [0.5, 0.6) is 0 Å². The van der Waals surface area contributed by atoms with E-state index in [0.29, 0.717) is 12.8 Å². The fourth-order valence-electron chi connectivity index (χ4n) is 1.35. The van der Waals surface area contributed by atoms with E-state index < -0.39 is 15.8 Å². The van der Waals surface area contributed by atoms with Crippen LogP contribution < -0.4 is 0 Å². The maximum absolute atomic E-state index is 11.7. The lowest BCUT2D eigenvalue weighted by atomic mass is 10.2. The molecule has 0 bridgehead atoms. The van der Waals surface area contributed by atoms with Crippen LogP contribution in [0.2, 0.25) is 0 Å². The van der Waals surface area contributed by atoms with Crippen molar-refractivity contribution in [3.63, 3.8) is 0 Å². The molecule has 0 amide bonds. The van der Waals surface area contributed by atoms with Gasteiger partial charge in [-0.15, -0.1) is 0 Å². The van der Waals surface area contributed by atoms with E-state index in [4.69, 9.17) is 10.00 Å². The normalized spacial score (nSPS) is 10.7. The summed E-state index contributed by atoms with van der Waals surface area (Å²) in [5, 5.41) is 8.33. The molecule has 1 aromatic carbocycles. The minimum absolute atomic E-state index is 0.0250. The van der Waals surface area contributed by atoms with Crippen molar-refractivity contribution in [2.75, 3.05) is 12.9 Å². The number of sulfone groups is 1. The van der Waals surface area contributed by atoms with Gasteiger partial charge in [-0.3, -0.25) is 0 Å². The second kappa shape index (κ2) is 6.17. The molecule has 0 aliphatic carbocycles. The molecule has 0 N–H and O–H groups in total. The Kier molecular flexibility index (Phi) is 4.86. The van der Waals surface area contributed by atoms with Crippen molar-refractivity contribution in [3.05, 3.63) is 29.8 Å². The number of carbonyl (C=O) groups excluding carboxylic acids is 1. The topological polar surface area (TPSA) is 84.2 Å². The Morgan fingerprint density at radius 2 is 2.06 bits per heavy atom. The summed E-state index contributed by atoms with van der Waals surface area (Å²) in [6.45, 7) is 0.102. The number of nitrogens with zero attached hydrogens (tertiary/aromatic N) is 1. The molecule has 1 aromatic rings. The lowest BCUT2D eigenvalue weighted by Crippen LogP contribution is -2.11. The second-order valence-electron chi connectivity index (χ2n) is 3.67. The molecule has 5 nitrogen and oxygen atoms in total. The monoisotopic (exact) mass is 267 g/mol. The van der Waals surface area contributed by atoms with Gasteiger partial charge in [0.2, 0.25) is 0 Å². The number of carbonyl (C=O) groups is 1. The Balaban J connectivity index is 2.84. The van der Waals surface area contributed by atoms with Crippen molar-refractivity contribution in [2.24, 2.45) is 0 Å². The van der Waals surface area contributed by atoms with E-state index in [1.807, 2.05) is 6.07 Å². The van der Waals surface area contributed by atoms with Crippen LogP contribution in [0.25, 0.3) is 0 Å². The van der Waals surface area contributed by atoms with Crippen molar-refractivity contribution in [3.8, 4) is 6.07 Å². The summed E-state index contributed by atoms with van der Waals surface area (Å²) in [6.07, 6.45) is 1.76. The Hall–Kier alpha value is -1.87. The van der Waals surface area contributed by atoms with Crippen LogP contribution >= 0.6 is 0 Å². The summed E-state index contributed by atoms with van der Waals surface area (Å²) in [5.74, 6) is -0.686. The van der Waals surface area contributed by atoms with Crippen LogP contribution in [0.4, 0.5) is 0 Å². The van der Waals surface area contributed by atoms with E-state index in [9.17, 15) is 13.2 Å². The highest BCUT2D eigenvalue weighted by Crippen LogP contribution is 2.16. The molecule has 0 aliphatic heterocycles. The van der Waals surface area contributed by atoms with Gasteiger partial charge in [0.15, 0.2) is 9.84 Å². The molecule has 0 aliphatic rings. The lowest BCUT2D eigenvalue weighted by molar-refractivity contribution is 0.0497. The third kappa shape index (κ3) is 3.86. The van der Waals surface area contributed by atoms with Crippen molar-refractivity contribution in [1.82, 2.24) is 0 Å². The van der Waals surface area contributed by atoms with Crippen LogP contribution in [0.3, 0.4) is 0 Å². The maximum atomic E-state index is 11.7. The molecule has 0 aromatic heterocycles. The van der Waals surface area contributed by atoms with Crippen LogP contribution in [0, 0.1) is 11.3 Å². The van der Waals surface area contributed by atoms with Gasteiger partial charge in [0, 0.05) is 12.7 Å². The minimum atomic E-state index is -3.47. The summed E-state index contributed by atoms with van der Waals surface area (Å²) in [5.41, 5.74) is 0.0250. The second-order valence-corrected chi connectivity index (χ2v) is 5.65. The SMILES string of the molecule is CS(=O)(=O)c1ccccc1C(=O)OCCCC#N. The number of benzene rings is 1. The molecule has 0 saturated heterocycles. The highest BCUT2D eigenvalue weighted by molar-refractivity contribution is 7.90. The molecule has 0 saturated carbocycles. The smallest absolute Gasteiger partial charge is 0.339 e. The number of ether oxygens (including phenoxy) is 1. The molecular formula is C12H13NO4S. The Morgan fingerprint density at radius 1 is 1.39 bits per heavy atom. The Labute approximate surface area is 106 Å². The quantitative estimate of drug-likeness (QED) is 0.597. The van der Waals surface area contributed by atoms with Crippen LogP contribution in [-0.2, 0) is 14.6 Å². The minimum Gasteiger partial charge on any atom is -0.462 e. The van der Waals surface area contributed by atoms with Gasteiger partial charge >= 0.3 is 5.97 Å². The Bertz CT molecular complexity index is 572. The first-order valence-electron chi connectivity index (χ1n) is 5.30. The standard InChI is InChI=1S/C12H13NO4S/c1-18(15,16)11-7-3-2-6-10(11)12(14)17-9-5-4-8-13/h2-3,6-7H,4-5,9H2,1H3. The first-order chi connectivity index (χ1) is 8.46. The zero-order valence-electron chi connectivity index (χ0n) is 9.92. The van der Waals surface area contributed by atoms with Crippen LogP contribution in [-0.4, -0.2) is 27.2 Å². The number of esters is 1. The van der Waals surface area contributed by atoms with Gasteiger partial charge in [-0.1, -0.05) is 12.1 Å². The van der Waals surface area contributed by atoms with E-state index >= 15 is 0 Å². The third-order valence-electron chi connectivity index (χ3n) is 2.17. The predicted octanol–water partition coefficient (Wildman–Crippen LogP) is 1.55. The largest absolute Gasteiger partial charge is 0.462 e. The summed E-state index contributed by atoms with van der Waals surface area (Å²) in [6, 6.07) is 7.81. The van der Waals surface area contributed by atoms with Gasteiger partial charge in [-0.25, -0.2) is 13.2 Å². The van der Waals surface area contributed by atoms with Gasteiger partial charge in [0.25, 0.3) is 0 Å². The highest BCUT2D eigenvalue weighted by Gasteiger charge is 2.18. The van der Waals surface area contributed by atoms with Crippen molar-refractivity contribution in [1.29, 1.82) is 5.26 Å². The molecule has 0 spiro atoms. The van der Waals surface area contributed by atoms with E-state index in [-0.39, 0.29) is 17.1 Å². The molecule has 1 rings (SSSR count). The van der Waals surface area contributed by atoms with Crippen LogP contribution in [0.1, 0.15) is 23.2 Å². The van der Waals surface area contributed by atoms with Crippen molar-refractivity contribution < 1.29 is 17.9 Å². The van der Waals surface area contributed by atoms with E-state index in [0.717, 1.165) is 6.26 Å². The summed E-state index contributed by atoms with van der Waals surface area (Å²) < 4.78 is 27.9. The number of unbranched alkanes of at least 4 members (excludes halogenated alkanes) is 1. The number of hydrogen-bond acceptors (Lipinski definition) is 5. The summed E-state index contributed by atoms with van der Waals surface area (Å²) in [7, 11) is -3.47. The number of rotatable bonds is 5. The molecule has 18 heavy (non-hydrogen) atoms. The molecule has 6 heteroatoms. The van der Waals surface area contributed by atoms with Gasteiger partial charge in [0.05, 0.1) is 23.1 Å². The molecular weight excluding hydrogens is 254 g/mol. The van der Waals surface area contributed by atoms with Crippen molar-refractivity contribution >= 4 is 15.8 Å². The molecule has 0 radical (unpaired) electrons. The fourth-order valence-corrected chi connectivity index (χ4v) is 2.23. The molecule has 0 atom stereocenters. The molecule has 96 valence electrons. The van der Waals surface area contributed by atoms with Gasteiger partial charge in [-0.05, 0) is 18.6 Å². The Morgan fingerprint density at radius 3 is 2.67 bits per heavy atom. The van der Waals surface area contributed by atoms with Crippen molar-refractivity contribution in [2.45, 2.75) is 17.7 Å². The number of nitriles is 1. The summed E-state index contributed by atoms with van der Waals surface area (Å²) >= 11 is 0. The zero-order valence-corrected chi connectivity index (χ0v) is 10.7. The highest BCUT2D eigenvalue weighted by atomic mass is 32.2. The molecule has 0 heterocycles. The van der Waals surface area contributed by atoms with Gasteiger partial charge in [-0.2, -0.15) is 5.26 Å².